The zero-order chi connectivity index (χ0) is 24.7. The van der Waals surface area contributed by atoms with E-state index in [1.807, 2.05) is 0 Å². The second kappa shape index (κ2) is 10.3. The molecule has 0 unspecified atom stereocenters. The first-order chi connectivity index (χ1) is 16.0. The Labute approximate surface area is 224 Å². The van der Waals surface area contributed by atoms with Crippen molar-refractivity contribution in [3.05, 3.63) is 43.3 Å². The summed E-state index contributed by atoms with van der Waals surface area (Å²) in [5, 5.41) is 0.123. The summed E-state index contributed by atoms with van der Waals surface area (Å²) in [7, 11) is -2.06. The molecule has 0 spiro atoms. The van der Waals surface area contributed by atoms with Gasteiger partial charge in [-0.25, -0.2) is 0 Å². The van der Waals surface area contributed by atoms with E-state index in [0.29, 0.717) is 0 Å². The average molecular weight is 609 g/mol. The lowest BCUT2D eigenvalue weighted by Gasteiger charge is -2.38. The topological polar surface area (TPSA) is 18.5 Å². The Morgan fingerprint density at radius 3 is 1.76 bits per heavy atom. The molecule has 0 amide bonds. The Kier molecular flexibility index (Phi) is 7.96. The number of halogens is 2. The van der Waals surface area contributed by atoms with Crippen molar-refractivity contribution in [1.82, 2.24) is 0 Å². The highest BCUT2D eigenvalue weighted by molar-refractivity contribution is 9.11. The van der Waals surface area contributed by atoms with Crippen molar-refractivity contribution in [3.8, 4) is 22.6 Å². The molecule has 0 saturated heterocycles. The molecule has 0 bridgehead atoms. The maximum Gasteiger partial charge on any atom is 0.250 e. The van der Waals surface area contributed by atoms with Crippen molar-refractivity contribution < 1.29 is 9.16 Å². The fourth-order valence-electron chi connectivity index (χ4n) is 5.08. The molecule has 2 aliphatic carbocycles. The van der Waals surface area contributed by atoms with E-state index >= 15 is 0 Å². The number of benzene rings is 2. The standard InChI is InChI=1S/C29H40Br2O2Si/c1-7-16-32-27-23(30)17-19-12-8-10-14-21(19)25(27)26-22-15-11-9-13-20(22)18-24(31)28(26)33-34(5,6)29(2,3)4/h17-18H,7-16H2,1-6H3. The van der Waals surface area contributed by atoms with Crippen LogP contribution in [0.15, 0.2) is 21.1 Å². The summed E-state index contributed by atoms with van der Waals surface area (Å²) in [6.07, 6.45) is 10.5. The first-order valence-corrected chi connectivity index (χ1v) is 17.5. The lowest BCUT2D eigenvalue weighted by atomic mass is 9.80. The monoisotopic (exact) mass is 606 g/mol. The maximum absolute atomic E-state index is 7.16. The number of hydrogen-bond acceptors (Lipinski definition) is 2. The highest BCUT2D eigenvalue weighted by Gasteiger charge is 2.41. The van der Waals surface area contributed by atoms with Crippen molar-refractivity contribution in [1.29, 1.82) is 0 Å². The van der Waals surface area contributed by atoms with Crippen LogP contribution in [0.3, 0.4) is 0 Å². The Morgan fingerprint density at radius 2 is 1.26 bits per heavy atom. The number of ether oxygens (including phenoxy) is 1. The average Bonchev–Trinajstić information content (AvgIpc) is 2.77. The molecule has 2 nitrogen and oxygen atoms in total. The van der Waals surface area contributed by atoms with Crippen LogP contribution in [0, 0.1) is 0 Å². The molecule has 5 heteroatoms. The third-order valence-corrected chi connectivity index (χ3v) is 13.5. The van der Waals surface area contributed by atoms with Crippen molar-refractivity contribution in [2.45, 2.75) is 104 Å². The summed E-state index contributed by atoms with van der Waals surface area (Å²) in [5.74, 6) is 2.05. The predicted molar refractivity (Wildman–Crippen MR) is 154 cm³/mol. The summed E-state index contributed by atoms with van der Waals surface area (Å²) in [6.45, 7) is 14.6. The molecule has 186 valence electrons. The number of rotatable bonds is 6. The normalized spacial score (nSPS) is 16.1. The summed E-state index contributed by atoms with van der Waals surface area (Å²) in [4.78, 5) is 0. The SMILES string of the molecule is CCCOc1c(Br)cc2c(c1-c1c3c(cc(Br)c1O[Si](C)(C)C(C)(C)C)CCCC3)CCCC2. The van der Waals surface area contributed by atoms with Crippen molar-refractivity contribution in [3.63, 3.8) is 0 Å². The van der Waals surface area contributed by atoms with Crippen LogP contribution in [0.25, 0.3) is 11.1 Å². The summed E-state index contributed by atoms with van der Waals surface area (Å²) >= 11 is 7.90. The first-order valence-electron chi connectivity index (χ1n) is 13.1. The third-order valence-electron chi connectivity index (χ3n) is 7.98. The molecule has 0 heterocycles. The molecule has 2 aromatic carbocycles. The zero-order valence-electron chi connectivity index (χ0n) is 21.8. The number of aryl methyl sites for hydroxylation is 2. The van der Waals surface area contributed by atoms with Gasteiger partial charge in [-0.05, 0) is 142 Å². The third kappa shape index (κ3) is 5.04. The molecule has 2 aromatic rings. The Balaban J connectivity index is 2.06. The highest BCUT2D eigenvalue weighted by Crippen LogP contribution is 2.53. The molecule has 0 aliphatic heterocycles. The molecule has 0 saturated carbocycles. The van der Waals surface area contributed by atoms with Crippen LogP contribution in [0.4, 0.5) is 0 Å². The van der Waals surface area contributed by atoms with Crippen molar-refractivity contribution >= 4 is 40.2 Å². The molecule has 2 aliphatic rings. The highest BCUT2D eigenvalue weighted by atomic mass is 79.9. The molecule has 4 rings (SSSR count). The molecule has 0 radical (unpaired) electrons. The lowest BCUT2D eigenvalue weighted by Crippen LogP contribution is -2.44. The molecule has 34 heavy (non-hydrogen) atoms. The smallest absolute Gasteiger partial charge is 0.250 e. The van der Waals surface area contributed by atoms with Gasteiger partial charge in [0.2, 0.25) is 0 Å². The van der Waals surface area contributed by atoms with E-state index in [1.165, 1.54) is 59.1 Å². The van der Waals surface area contributed by atoms with Gasteiger partial charge < -0.3 is 9.16 Å². The minimum atomic E-state index is -2.06. The fraction of sp³-hybridized carbons (Fsp3) is 0.586. The van der Waals surface area contributed by atoms with Gasteiger partial charge >= 0.3 is 0 Å². The van der Waals surface area contributed by atoms with Crippen LogP contribution in [0.1, 0.15) is 82.1 Å². The fourth-order valence-corrected chi connectivity index (χ4v) is 7.40. The van der Waals surface area contributed by atoms with Gasteiger partial charge in [0.05, 0.1) is 15.6 Å². The van der Waals surface area contributed by atoms with Crippen molar-refractivity contribution in [2.24, 2.45) is 0 Å². The van der Waals surface area contributed by atoms with E-state index in [1.54, 1.807) is 0 Å². The van der Waals surface area contributed by atoms with Gasteiger partial charge in [0, 0.05) is 11.1 Å². The summed E-state index contributed by atoms with van der Waals surface area (Å²) in [5.41, 5.74) is 8.51. The number of fused-ring (bicyclic) bond motifs is 2. The molecule has 0 fully saturated rings. The first kappa shape index (κ1) is 26.3. The summed E-state index contributed by atoms with van der Waals surface area (Å²) < 4.78 is 15.9. The summed E-state index contributed by atoms with van der Waals surface area (Å²) in [6, 6.07) is 4.67. The van der Waals surface area contributed by atoms with E-state index in [9.17, 15) is 0 Å². The van der Waals surface area contributed by atoms with Gasteiger partial charge in [0.25, 0.3) is 8.32 Å². The molecular weight excluding hydrogens is 568 g/mol. The van der Waals surface area contributed by atoms with E-state index in [2.05, 4.69) is 84.8 Å². The van der Waals surface area contributed by atoms with Crippen LogP contribution in [-0.4, -0.2) is 14.9 Å². The molecule has 0 atom stereocenters. The van der Waals surface area contributed by atoms with Crippen LogP contribution < -0.4 is 9.16 Å². The number of hydrogen-bond donors (Lipinski definition) is 0. The maximum atomic E-state index is 7.16. The van der Waals surface area contributed by atoms with E-state index in [0.717, 1.165) is 59.2 Å². The van der Waals surface area contributed by atoms with Crippen LogP contribution in [-0.2, 0) is 25.7 Å². The molecule has 0 N–H and O–H groups in total. The molecule has 0 aromatic heterocycles. The predicted octanol–water partition coefficient (Wildman–Crippen LogP) is 9.81. The van der Waals surface area contributed by atoms with E-state index < -0.39 is 8.32 Å². The Hall–Kier alpha value is -0.783. The Bertz CT molecular complexity index is 1070. The van der Waals surface area contributed by atoms with Gasteiger partial charge in [-0.1, -0.05) is 27.7 Å². The minimum Gasteiger partial charge on any atom is -0.542 e. The molecular formula is C29H40Br2O2Si. The van der Waals surface area contributed by atoms with Crippen molar-refractivity contribution in [2.75, 3.05) is 6.61 Å². The van der Waals surface area contributed by atoms with Crippen LogP contribution in [0.2, 0.25) is 18.1 Å². The van der Waals surface area contributed by atoms with Gasteiger partial charge in [0.1, 0.15) is 11.5 Å². The van der Waals surface area contributed by atoms with Gasteiger partial charge in [-0.15, -0.1) is 0 Å². The quantitative estimate of drug-likeness (QED) is 0.304. The second-order valence-corrected chi connectivity index (χ2v) is 18.0. The second-order valence-electron chi connectivity index (χ2n) is 11.5. The lowest BCUT2D eigenvalue weighted by molar-refractivity contribution is 0.316. The van der Waals surface area contributed by atoms with Crippen LogP contribution >= 0.6 is 31.9 Å². The van der Waals surface area contributed by atoms with E-state index in [4.69, 9.17) is 9.16 Å². The largest absolute Gasteiger partial charge is 0.542 e. The van der Waals surface area contributed by atoms with Gasteiger partial charge in [0.15, 0.2) is 0 Å². The zero-order valence-corrected chi connectivity index (χ0v) is 26.0. The Morgan fingerprint density at radius 1 is 0.794 bits per heavy atom. The van der Waals surface area contributed by atoms with E-state index in [-0.39, 0.29) is 5.04 Å². The van der Waals surface area contributed by atoms with Crippen LogP contribution in [0.5, 0.6) is 11.5 Å². The van der Waals surface area contributed by atoms with Gasteiger partial charge in [-0.3, -0.25) is 0 Å². The van der Waals surface area contributed by atoms with Gasteiger partial charge in [-0.2, -0.15) is 0 Å². The minimum absolute atomic E-state index is 0.123.